The monoisotopic (exact) mass is 396 g/mol. The molecule has 152 valence electrons. The smallest absolute Gasteiger partial charge is 0.336 e. The molecule has 0 bridgehead atoms. The molecule has 0 radical (unpaired) electrons. The number of esters is 1. The summed E-state index contributed by atoms with van der Waals surface area (Å²) in [5.41, 5.74) is 4.17. The molecule has 0 saturated carbocycles. The lowest BCUT2D eigenvalue weighted by Gasteiger charge is -2.18. The van der Waals surface area contributed by atoms with Crippen molar-refractivity contribution in [1.29, 1.82) is 0 Å². The fraction of sp³-hybridized carbons (Fsp3) is 0.261. The van der Waals surface area contributed by atoms with Gasteiger partial charge in [-0.05, 0) is 66.4 Å². The Hall–Kier alpha value is -3.41. The average Bonchev–Trinajstić information content (AvgIpc) is 3.12. The van der Waals surface area contributed by atoms with Crippen LogP contribution in [0.2, 0.25) is 0 Å². The summed E-state index contributed by atoms with van der Waals surface area (Å²) in [7, 11) is 6.38. The van der Waals surface area contributed by atoms with Gasteiger partial charge in [-0.1, -0.05) is 0 Å². The van der Waals surface area contributed by atoms with E-state index in [2.05, 4.69) is 0 Å². The topological polar surface area (TPSA) is 63.2 Å². The number of cyclic esters (lactones) is 1. The molecule has 0 amide bonds. The molecule has 1 heterocycles. The summed E-state index contributed by atoms with van der Waals surface area (Å²) in [5.74, 6) is 2.53. The van der Waals surface area contributed by atoms with Crippen molar-refractivity contribution < 1.29 is 28.5 Å². The van der Waals surface area contributed by atoms with Gasteiger partial charge in [-0.15, -0.1) is 0 Å². The van der Waals surface area contributed by atoms with Crippen LogP contribution < -0.4 is 18.9 Å². The third-order valence-corrected chi connectivity index (χ3v) is 4.73. The highest BCUT2D eigenvalue weighted by Crippen LogP contribution is 2.41. The van der Waals surface area contributed by atoms with Crippen LogP contribution in [0.4, 0.5) is 0 Å². The first kappa shape index (κ1) is 20.3. The fourth-order valence-corrected chi connectivity index (χ4v) is 3.50. The van der Waals surface area contributed by atoms with Gasteiger partial charge in [0.2, 0.25) is 0 Å². The van der Waals surface area contributed by atoms with E-state index in [9.17, 15) is 4.79 Å². The highest BCUT2D eigenvalue weighted by molar-refractivity contribution is 5.93. The summed E-state index contributed by atoms with van der Waals surface area (Å²) in [6.07, 6.45) is 3.06. The first-order valence-electron chi connectivity index (χ1n) is 9.03. The lowest BCUT2D eigenvalue weighted by atomic mass is 9.93. The third-order valence-electron chi connectivity index (χ3n) is 4.73. The van der Waals surface area contributed by atoms with Gasteiger partial charge in [0.25, 0.3) is 0 Å². The van der Waals surface area contributed by atoms with E-state index in [1.165, 1.54) is 6.08 Å². The van der Waals surface area contributed by atoms with Crippen LogP contribution in [0, 0.1) is 13.8 Å². The van der Waals surface area contributed by atoms with Crippen LogP contribution in [0.25, 0.3) is 5.57 Å². The zero-order chi connectivity index (χ0) is 21.1. The molecule has 3 rings (SSSR count). The summed E-state index contributed by atoms with van der Waals surface area (Å²) in [5, 5.41) is 0. The van der Waals surface area contributed by atoms with Crippen LogP contribution in [0.1, 0.15) is 22.3 Å². The highest BCUT2D eigenvalue weighted by Gasteiger charge is 2.22. The Labute approximate surface area is 170 Å². The molecule has 0 saturated heterocycles. The molecule has 1 aliphatic heterocycles. The first-order chi connectivity index (χ1) is 13.9. The third kappa shape index (κ3) is 3.78. The molecule has 0 atom stereocenters. The molecule has 1 aliphatic rings. The summed E-state index contributed by atoms with van der Waals surface area (Å²) < 4.78 is 27.4. The van der Waals surface area contributed by atoms with Gasteiger partial charge in [0, 0.05) is 11.6 Å². The number of ether oxygens (including phenoxy) is 5. The Bertz CT molecular complexity index is 953. The molecular weight excluding hydrogens is 372 g/mol. The minimum atomic E-state index is -0.410. The molecule has 2 aromatic rings. The van der Waals surface area contributed by atoms with Gasteiger partial charge >= 0.3 is 5.97 Å². The maximum atomic E-state index is 11.8. The Kier molecular flexibility index (Phi) is 5.82. The van der Waals surface area contributed by atoms with Gasteiger partial charge in [0.1, 0.15) is 5.76 Å². The molecule has 2 aromatic carbocycles. The van der Waals surface area contributed by atoms with Crippen molar-refractivity contribution in [3.63, 3.8) is 0 Å². The Balaban J connectivity index is 2.30. The zero-order valence-electron chi connectivity index (χ0n) is 17.4. The molecule has 29 heavy (non-hydrogen) atoms. The average molecular weight is 396 g/mol. The second-order valence-electron chi connectivity index (χ2n) is 6.55. The van der Waals surface area contributed by atoms with E-state index in [0.717, 1.165) is 27.8 Å². The van der Waals surface area contributed by atoms with Gasteiger partial charge < -0.3 is 23.7 Å². The molecular formula is C23H24O6. The lowest BCUT2D eigenvalue weighted by molar-refractivity contribution is -0.132. The van der Waals surface area contributed by atoms with Crippen LogP contribution in [0.5, 0.6) is 23.0 Å². The number of hydrogen-bond donors (Lipinski definition) is 0. The maximum absolute atomic E-state index is 11.8. The minimum Gasteiger partial charge on any atom is -0.493 e. The van der Waals surface area contributed by atoms with Crippen molar-refractivity contribution >= 4 is 11.5 Å². The van der Waals surface area contributed by atoms with E-state index in [1.807, 2.05) is 38.1 Å². The summed E-state index contributed by atoms with van der Waals surface area (Å²) in [6, 6.07) is 7.66. The van der Waals surface area contributed by atoms with E-state index >= 15 is 0 Å². The van der Waals surface area contributed by atoms with Gasteiger partial charge in [0.05, 0.1) is 28.4 Å². The highest BCUT2D eigenvalue weighted by atomic mass is 16.5. The van der Waals surface area contributed by atoms with Crippen molar-refractivity contribution in [3.05, 3.63) is 64.4 Å². The second kappa shape index (κ2) is 8.31. The summed E-state index contributed by atoms with van der Waals surface area (Å²) in [4.78, 5) is 11.8. The number of methoxy groups -OCH3 is 4. The molecule has 6 nitrogen and oxygen atoms in total. The van der Waals surface area contributed by atoms with Crippen molar-refractivity contribution in [2.24, 2.45) is 0 Å². The van der Waals surface area contributed by atoms with Crippen molar-refractivity contribution in [3.8, 4) is 23.0 Å². The second-order valence-corrected chi connectivity index (χ2v) is 6.55. The van der Waals surface area contributed by atoms with Gasteiger partial charge in [-0.25, -0.2) is 4.79 Å². The molecule has 0 spiro atoms. The molecule has 6 heteroatoms. The number of aryl methyl sites for hydroxylation is 2. The number of hydrogen-bond acceptors (Lipinski definition) is 6. The van der Waals surface area contributed by atoms with Crippen LogP contribution in [0.15, 0.2) is 42.2 Å². The minimum absolute atomic E-state index is 0.410. The van der Waals surface area contributed by atoms with Crippen molar-refractivity contribution in [2.75, 3.05) is 28.4 Å². The number of allylic oxidation sites excluding steroid dienone is 1. The number of carbonyl (C=O) groups excluding carboxylic acids is 1. The number of rotatable bonds is 6. The van der Waals surface area contributed by atoms with Gasteiger partial charge in [-0.2, -0.15) is 0 Å². The van der Waals surface area contributed by atoms with Crippen LogP contribution in [-0.2, 0) is 9.53 Å². The maximum Gasteiger partial charge on any atom is 0.336 e. The number of benzene rings is 2. The van der Waals surface area contributed by atoms with E-state index < -0.39 is 5.97 Å². The van der Waals surface area contributed by atoms with Crippen LogP contribution in [0.3, 0.4) is 0 Å². The molecule has 0 N–H and O–H groups in total. The Morgan fingerprint density at radius 2 is 1.21 bits per heavy atom. The van der Waals surface area contributed by atoms with E-state index in [4.69, 9.17) is 23.7 Å². The van der Waals surface area contributed by atoms with Crippen LogP contribution in [-0.4, -0.2) is 34.4 Å². The predicted molar refractivity (Wildman–Crippen MR) is 110 cm³/mol. The quantitative estimate of drug-likeness (QED) is 0.682. The fourth-order valence-electron chi connectivity index (χ4n) is 3.50. The number of carbonyl (C=O) groups is 1. The standard InChI is InChI=1S/C23H24O6/c1-13-9-15(11-18(25-3)22(13)27-5)21(17-7-8-20(24)29-17)16-10-14(2)23(28-6)19(12-16)26-4/h7-12H,1-6H3. The molecule has 0 aliphatic carbocycles. The SMILES string of the molecule is COc1cc(C(=C2C=CC(=O)O2)c2cc(C)c(OC)c(OC)c2)cc(C)c1OC. The van der Waals surface area contributed by atoms with Gasteiger partial charge in [0.15, 0.2) is 23.0 Å². The van der Waals surface area contributed by atoms with E-state index in [-0.39, 0.29) is 0 Å². The predicted octanol–water partition coefficient (Wildman–Crippen LogP) is 4.21. The summed E-state index contributed by atoms with van der Waals surface area (Å²) >= 11 is 0. The zero-order valence-corrected chi connectivity index (χ0v) is 17.4. The molecule has 0 fully saturated rings. The first-order valence-corrected chi connectivity index (χ1v) is 9.03. The Morgan fingerprint density at radius 1 is 0.724 bits per heavy atom. The van der Waals surface area contributed by atoms with Gasteiger partial charge in [-0.3, -0.25) is 0 Å². The van der Waals surface area contributed by atoms with Crippen molar-refractivity contribution in [2.45, 2.75) is 13.8 Å². The molecule has 0 aromatic heterocycles. The van der Waals surface area contributed by atoms with E-state index in [0.29, 0.717) is 28.8 Å². The van der Waals surface area contributed by atoms with Crippen molar-refractivity contribution in [1.82, 2.24) is 0 Å². The lowest BCUT2D eigenvalue weighted by Crippen LogP contribution is -2.02. The normalized spacial score (nSPS) is 12.6. The summed E-state index contributed by atoms with van der Waals surface area (Å²) in [6.45, 7) is 3.87. The van der Waals surface area contributed by atoms with E-state index in [1.54, 1.807) is 34.5 Å². The van der Waals surface area contributed by atoms with Crippen LogP contribution >= 0.6 is 0 Å². The largest absolute Gasteiger partial charge is 0.493 e. The molecule has 0 unspecified atom stereocenters. The Morgan fingerprint density at radius 3 is 1.55 bits per heavy atom.